The molecule has 0 unspecified atom stereocenters. The number of nitrogens with zero attached hydrogens (tertiary/aromatic N) is 3. The van der Waals surface area contributed by atoms with Crippen molar-refractivity contribution in [1.29, 1.82) is 0 Å². The Bertz CT molecular complexity index is 1020. The van der Waals surface area contributed by atoms with Crippen LogP contribution in [0.25, 0.3) is 22.5 Å². The van der Waals surface area contributed by atoms with Gasteiger partial charge in [-0.3, -0.25) is 9.97 Å². The summed E-state index contributed by atoms with van der Waals surface area (Å²) in [6, 6.07) is 11.9. The summed E-state index contributed by atoms with van der Waals surface area (Å²) in [5, 5.41) is 0. The molecular weight excluding hydrogens is 450 g/mol. The highest BCUT2D eigenvalue weighted by Gasteiger charge is 2.38. The summed E-state index contributed by atoms with van der Waals surface area (Å²) < 4.78 is 17.3. The van der Waals surface area contributed by atoms with Crippen LogP contribution in [-0.4, -0.2) is 40.4 Å². The second-order valence-corrected chi connectivity index (χ2v) is 9.48. The van der Waals surface area contributed by atoms with Crippen molar-refractivity contribution in [3.05, 3.63) is 55.0 Å². The van der Waals surface area contributed by atoms with Crippen molar-refractivity contribution >= 4 is 0 Å². The lowest BCUT2D eigenvalue weighted by atomic mass is 10.1. The molecule has 4 rings (SSSR count). The number of epoxide rings is 1. The molecule has 1 aliphatic heterocycles. The maximum absolute atomic E-state index is 5.89. The average Bonchev–Trinajstić information content (AvgIpc) is 3.69. The van der Waals surface area contributed by atoms with Gasteiger partial charge in [0.2, 0.25) is 5.88 Å². The predicted octanol–water partition coefficient (Wildman–Crippen LogP) is 7.28. The number of hydrogen-bond donors (Lipinski definition) is 0. The van der Waals surface area contributed by atoms with E-state index in [9.17, 15) is 0 Å². The maximum Gasteiger partial charge on any atom is 0.213 e. The minimum atomic E-state index is 0.241. The van der Waals surface area contributed by atoms with Gasteiger partial charge in [-0.25, -0.2) is 4.98 Å². The van der Waals surface area contributed by atoms with Gasteiger partial charge < -0.3 is 14.2 Å². The molecule has 1 aliphatic rings. The number of ether oxygens (including phenoxy) is 3. The predicted molar refractivity (Wildman–Crippen MR) is 143 cm³/mol. The smallest absolute Gasteiger partial charge is 0.213 e. The summed E-state index contributed by atoms with van der Waals surface area (Å²) in [5.41, 5.74) is 3.53. The van der Waals surface area contributed by atoms with E-state index in [4.69, 9.17) is 14.2 Å². The lowest BCUT2D eigenvalue weighted by Gasteiger charge is -2.07. The van der Waals surface area contributed by atoms with Crippen LogP contribution >= 0.6 is 0 Å². The van der Waals surface area contributed by atoms with Gasteiger partial charge in [-0.2, -0.15) is 0 Å². The summed E-state index contributed by atoms with van der Waals surface area (Å²) in [6.45, 7) is 5.77. The Hall–Kier alpha value is -2.99. The monoisotopic (exact) mass is 489 g/mol. The number of aromatic nitrogens is 3. The van der Waals surface area contributed by atoms with E-state index in [2.05, 4.69) is 28.8 Å². The highest BCUT2D eigenvalue weighted by atomic mass is 16.6. The SMILES string of the molecule is CCCCCCCCOc1ccc(-c2cnc(-c3ccc(OC[C@@H]4O[C@H]4CCCC)cc3)cn2)cn1. The molecule has 1 fully saturated rings. The average molecular weight is 490 g/mol. The number of unbranched alkanes of at least 4 members (excludes halogenated alkanes) is 6. The van der Waals surface area contributed by atoms with Gasteiger partial charge >= 0.3 is 0 Å². The van der Waals surface area contributed by atoms with Crippen molar-refractivity contribution in [3.8, 4) is 34.1 Å². The lowest BCUT2D eigenvalue weighted by Crippen LogP contribution is -2.07. The van der Waals surface area contributed by atoms with Gasteiger partial charge in [0.15, 0.2) is 0 Å². The van der Waals surface area contributed by atoms with Gasteiger partial charge in [-0.05, 0) is 43.2 Å². The Balaban J connectivity index is 1.22. The third-order valence-corrected chi connectivity index (χ3v) is 6.53. The third-order valence-electron chi connectivity index (χ3n) is 6.53. The van der Waals surface area contributed by atoms with Gasteiger partial charge in [0, 0.05) is 23.4 Å². The maximum atomic E-state index is 5.89. The highest BCUT2D eigenvalue weighted by molar-refractivity contribution is 5.62. The molecule has 1 saturated heterocycles. The normalized spacial score (nSPS) is 16.6. The summed E-state index contributed by atoms with van der Waals surface area (Å²) in [4.78, 5) is 13.6. The molecule has 6 heteroatoms. The zero-order chi connectivity index (χ0) is 25.0. The molecule has 2 atom stereocenters. The van der Waals surface area contributed by atoms with Gasteiger partial charge in [0.05, 0.1) is 36.5 Å². The number of rotatable bonds is 16. The van der Waals surface area contributed by atoms with Crippen molar-refractivity contribution in [3.63, 3.8) is 0 Å². The van der Waals surface area contributed by atoms with Crippen LogP contribution in [0.3, 0.4) is 0 Å². The molecule has 0 radical (unpaired) electrons. The Morgan fingerprint density at radius 2 is 1.36 bits per heavy atom. The van der Waals surface area contributed by atoms with Crippen LogP contribution in [0, 0.1) is 0 Å². The first kappa shape index (κ1) is 26.1. The van der Waals surface area contributed by atoms with E-state index in [0.717, 1.165) is 41.1 Å². The van der Waals surface area contributed by atoms with E-state index in [0.29, 0.717) is 25.2 Å². The van der Waals surface area contributed by atoms with E-state index in [-0.39, 0.29) is 6.10 Å². The fraction of sp³-hybridized carbons (Fsp3) is 0.500. The highest BCUT2D eigenvalue weighted by Crippen LogP contribution is 2.28. The molecule has 0 N–H and O–H groups in total. The first-order chi connectivity index (χ1) is 17.8. The van der Waals surface area contributed by atoms with Crippen LogP contribution < -0.4 is 9.47 Å². The number of hydrogen-bond acceptors (Lipinski definition) is 6. The van der Waals surface area contributed by atoms with E-state index in [1.54, 1.807) is 18.6 Å². The molecule has 3 aromatic rings. The number of benzene rings is 1. The van der Waals surface area contributed by atoms with E-state index in [1.807, 2.05) is 36.4 Å². The molecule has 0 amide bonds. The molecule has 0 aliphatic carbocycles. The van der Waals surface area contributed by atoms with Crippen LogP contribution in [0.1, 0.15) is 71.6 Å². The Labute approximate surface area is 215 Å². The zero-order valence-corrected chi connectivity index (χ0v) is 21.7. The minimum absolute atomic E-state index is 0.241. The fourth-order valence-electron chi connectivity index (χ4n) is 4.19. The minimum Gasteiger partial charge on any atom is -0.491 e. The van der Waals surface area contributed by atoms with Crippen LogP contribution in [0.5, 0.6) is 11.6 Å². The molecule has 6 nitrogen and oxygen atoms in total. The first-order valence-electron chi connectivity index (χ1n) is 13.6. The van der Waals surface area contributed by atoms with Crippen LogP contribution in [0.4, 0.5) is 0 Å². The summed E-state index contributed by atoms with van der Waals surface area (Å²) in [6.07, 6.45) is 17.0. The van der Waals surface area contributed by atoms with E-state index in [1.165, 1.54) is 44.9 Å². The first-order valence-corrected chi connectivity index (χ1v) is 13.6. The second kappa shape index (κ2) is 13.9. The van der Waals surface area contributed by atoms with Crippen LogP contribution in [-0.2, 0) is 4.74 Å². The van der Waals surface area contributed by atoms with Crippen molar-refractivity contribution in [2.45, 2.75) is 83.8 Å². The van der Waals surface area contributed by atoms with Crippen molar-refractivity contribution in [1.82, 2.24) is 15.0 Å². The number of pyridine rings is 1. The topological polar surface area (TPSA) is 69.7 Å². The second-order valence-electron chi connectivity index (χ2n) is 9.48. The van der Waals surface area contributed by atoms with E-state index < -0.39 is 0 Å². The molecule has 0 spiro atoms. The lowest BCUT2D eigenvalue weighted by molar-refractivity contribution is 0.259. The largest absolute Gasteiger partial charge is 0.491 e. The summed E-state index contributed by atoms with van der Waals surface area (Å²) >= 11 is 0. The third kappa shape index (κ3) is 8.02. The van der Waals surface area contributed by atoms with E-state index >= 15 is 0 Å². The van der Waals surface area contributed by atoms with Crippen LogP contribution in [0.15, 0.2) is 55.0 Å². The van der Waals surface area contributed by atoms with Gasteiger partial charge in [-0.1, -0.05) is 58.8 Å². The molecule has 3 heterocycles. The summed E-state index contributed by atoms with van der Waals surface area (Å²) in [5.74, 6) is 1.50. The van der Waals surface area contributed by atoms with Crippen molar-refractivity contribution < 1.29 is 14.2 Å². The standard InChI is InChI=1S/C30H39N3O3/c1-3-5-7-8-9-10-18-34-30-17-14-24(19-33-30)27-21-31-26(20-32-27)23-12-15-25(16-13-23)35-22-29-28(36-29)11-6-4-2/h12-17,19-21,28-29H,3-11,18,22H2,1-2H3/t28-,29-/m0/s1. The molecule has 192 valence electrons. The van der Waals surface area contributed by atoms with Gasteiger partial charge in [-0.15, -0.1) is 0 Å². The van der Waals surface area contributed by atoms with Crippen molar-refractivity contribution in [2.24, 2.45) is 0 Å². The van der Waals surface area contributed by atoms with Crippen molar-refractivity contribution in [2.75, 3.05) is 13.2 Å². The Morgan fingerprint density at radius 1 is 0.667 bits per heavy atom. The fourth-order valence-corrected chi connectivity index (χ4v) is 4.19. The molecule has 0 saturated carbocycles. The summed E-state index contributed by atoms with van der Waals surface area (Å²) in [7, 11) is 0. The molecule has 2 aromatic heterocycles. The molecular formula is C30H39N3O3. The molecule has 1 aromatic carbocycles. The zero-order valence-electron chi connectivity index (χ0n) is 21.7. The Morgan fingerprint density at radius 3 is 2.06 bits per heavy atom. The van der Waals surface area contributed by atoms with Gasteiger partial charge in [0.1, 0.15) is 18.5 Å². The van der Waals surface area contributed by atoms with Gasteiger partial charge in [0.25, 0.3) is 0 Å². The molecule has 36 heavy (non-hydrogen) atoms. The van der Waals surface area contributed by atoms with Crippen LogP contribution in [0.2, 0.25) is 0 Å². The quantitative estimate of drug-likeness (QED) is 0.155. The molecule has 0 bridgehead atoms. The Kier molecular flexibility index (Phi) is 10.1.